The number of aliphatic carboxylic acids is 1. The van der Waals surface area contributed by atoms with E-state index in [-0.39, 0.29) is 31.1 Å². The largest absolute Gasteiger partial charge is 0.480 e. The Morgan fingerprint density at radius 2 is 1.71 bits per heavy atom. The van der Waals surface area contributed by atoms with Crippen molar-refractivity contribution in [1.82, 2.24) is 10.2 Å². The maximum absolute atomic E-state index is 12.0. The van der Waals surface area contributed by atoms with Crippen molar-refractivity contribution in [2.24, 2.45) is 5.92 Å². The van der Waals surface area contributed by atoms with Crippen LogP contribution in [-0.4, -0.2) is 60.3 Å². The molecular formula is C25H37N3O6. The number of ether oxygens (including phenoxy) is 2. The molecule has 2 rings (SSSR count). The van der Waals surface area contributed by atoms with E-state index in [0.29, 0.717) is 19.3 Å². The summed E-state index contributed by atoms with van der Waals surface area (Å²) in [4.78, 5) is 36.8. The van der Waals surface area contributed by atoms with E-state index in [1.54, 1.807) is 0 Å². The van der Waals surface area contributed by atoms with Crippen LogP contribution < -0.4 is 5.32 Å². The van der Waals surface area contributed by atoms with Crippen molar-refractivity contribution >= 4 is 24.0 Å². The van der Waals surface area contributed by atoms with Crippen molar-refractivity contribution in [1.29, 1.82) is 5.41 Å². The number of aryl methyl sites for hydroxylation is 1. The van der Waals surface area contributed by atoms with Crippen molar-refractivity contribution in [3.8, 4) is 0 Å². The van der Waals surface area contributed by atoms with Gasteiger partial charge in [-0.1, -0.05) is 49.6 Å². The van der Waals surface area contributed by atoms with Gasteiger partial charge < -0.3 is 19.5 Å². The van der Waals surface area contributed by atoms with Crippen LogP contribution in [0.25, 0.3) is 0 Å². The molecule has 0 aliphatic heterocycles. The van der Waals surface area contributed by atoms with Gasteiger partial charge in [0.05, 0.1) is 13.2 Å². The number of likely N-dealkylation sites (N-methyl/N-ethyl adjacent to an activating group) is 1. The fourth-order valence-electron chi connectivity index (χ4n) is 4.20. The predicted octanol–water partition coefficient (Wildman–Crippen LogP) is 3.96. The highest BCUT2D eigenvalue weighted by molar-refractivity contribution is 5.94. The minimum atomic E-state index is -0.996. The number of carboxylic acids is 1. The van der Waals surface area contributed by atoms with Gasteiger partial charge in [0.2, 0.25) is 5.96 Å². The number of nitrogens with zero attached hydrogens (tertiary/aromatic N) is 1. The van der Waals surface area contributed by atoms with Crippen molar-refractivity contribution in [3.05, 3.63) is 35.9 Å². The molecule has 0 heterocycles. The molecule has 1 aliphatic rings. The van der Waals surface area contributed by atoms with Crippen LogP contribution in [0.3, 0.4) is 0 Å². The Bertz CT molecular complexity index is 795. The fraction of sp³-hybridized carbons (Fsp3) is 0.600. The summed E-state index contributed by atoms with van der Waals surface area (Å²) in [6, 6.07) is 9.11. The molecule has 0 saturated heterocycles. The van der Waals surface area contributed by atoms with Gasteiger partial charge in [-0.3, -0.25) is 15.5 Å². The summed E-state index contributed by atoms with van der Waals surface area (Å²) in [5, 5.41) is 20.0. The lowest BCUT2D eigenvalue weighted by Gasteiger charge is -2.34. The summed E-state index contributed by atoms with van der Waals surface area (Å²) in [5.41, 5.74) is 1.19. The number of carboxylic acid groups (broad SMARTS) is 1. The molecule has 0 spiro atoms. The molecule has 0 aromatic heterocycles. The van der Waals surface area contributed by atoms with Gasteiger partial charge in [0.15, 0.2) is 0 Å². The number of alkyl carbamates (subject to hydrolysis) is 1. The van der Waals surface area contributed by atoms with Crippen molar-refractivity contribution in [3.63, 3.8) is 0 Å². The van der Waals surface area contributed by atoms with E-state index in [0.717, 1.165) is 44.9 Å². The number of amides is 1. The number of carbonyl (C=O) groups excluding carboxylic acids is 2. The SMILES string of the molecule is CN(C(=N)NC(=O)OCCCCOC(=O)CCCc1ccccc1)C(C(=O)O)C1CCCCC1. The van der Waals surface area contributed by atoms with Gasteiger partial charge in [-0.25, -0.2) is 9.59 Å². The Morgan fingerprint density at radius 3 is 2.35 bits per heavy atom. The Balaban J connectivity index is 1.56. The van der Waals surface area contributed by atoms with Crippen LogP contribution in [-0.2, 0) is 25.5 Å². The lowest BCUT2D eigenvalue weighted by atomic mass is 9.83. The molecule has 9 heteroatoms. The van der Waals surface area contributed by atoms with Crippen LogP contribution in [0.1, 0.15) is 63.4 Å². The highest BCUT2D eigenvalue weighted by Gasteiger charge is 2.34. The molecule has 1 aromatic carbocycles. The number of guanidine groups is 1. The van der Waals surface area contributed by atoms with E-state index in [4.69, 9.17) is 14.9 Å². The van der Waals surface area contributed by atoms with Gasteiger partial charge in [0.25, 0.3) is 0 Å². The first-order chi connectivity index (χ1) is 16.4. The minimum Gasteiger partial charge on any atom is -0.480 e. The highest BCUT2D eigenvalue weighted by Crippen LogP contribution is 2.28. The molecule has 34 heavy (non-hydrogen) atoms. The van der Waals surface area contributed by atoms with E-state index in [9.17, 15) is 19.5 Å². The number of unbranched alkanes of at least 4 members (excludes halogenated alkanes) is 1. The van der Waals surface area contributed by atoms with E-state index in [1.165, 1.54) is 17.5 Å². The van der Waals surface area contributed by atoms with Crippen molar-refractivity contribution < 1.29 is 29.0 Å². The summed E-state index contributed by atoms with van der Waals surface area (Å²) in [7, 11) is 1.50. The van der Waals surface area contributed by atoms with Crippen LogP contribution in [0.5, 0.6) is 0 Å². The molecule has 188 valence electrons. The number of hydrogen-bond acceptors (Lipinski definition) is 6. The normalized spacial score (nSPS) is 14.6. The van der Waals surface area contributed by atoms with E-state index in [1.807, 2.05) is 30.3 Å². The minimum absolute atomic E-state index is 0.0459. The van der Waals surface area contributed by atoms with E-state index in [2.05, 4.69) is 5.32 Å². The number of rotatable bonds is 12. The molecule has 1 aliphatic carbocycles. The van der Waals surface area contributed by atoms with Crippen LogP contribution in [0.4, 0.5) is 4.79 Å². The third kappa shape index (κ3) is 9.80. The summed E-state index contributed by atoms with van der Waals surface area (Å²) >= 11 is 0. The van der Waals surface area contributed by atoms with Gasteiger partial charge in [0.1, 0.15) is 6.04 Å². The van der Waals surface area contributed by atoms with Crippen molar-refractivity contribution in [2.45, 2.75) is 70.3 Å². The highest BCUT2D eigenvalue weighted by atomic mass is 16.5. The zero-order valence-electron chi connectivity index (χ0n) is 20.0. The van der Waals surface area contributed by atoms with E-state index < -0.39 is 18.1 Å². The van der Waals surface area contributed by atoms with Gasteiger partial charge in [0, 0.05) is 13.5 Å². The standard InChI is InChI=1S/C25H37N3O6/c1-28(22(23(30)31)20-14-6-3-7-15-20)24(26)27-25(32)34-18-9-8-17-33-21(29)16-10-13-19-11-4-2-5-12-19/h2,4-5,11-12,20,22H,3,6-10,13-18H2,1H3,(H,30,31)(H2,26,27,32). The molecule has 1 fully saturated rings. The summed E-state index contributed by atoms with van der Waals surface area (Å²) < 4.78 is 10.3. The lowest BCUT2D eigenvalue weighted by molar-refractivity contribution is -0.144. The topological polar surface area (TPSA) is 129 Å². The molecule has 0 bridgehead atoms. The van der Waals surface area contributed by atoms with Gasteiger partial charge in [-0.2, -0.15) is 0 Å². The van der Waals surface area contributed by atoms with Crippen LogP contribution in [0, 0.1) is 11.3 Å². The zero-order chi connectivity index (χ0) is 24.8. The maximum Gasteiger partial charge on any atom is 0.413 e. The average molecular weight is 476 g/mol. The smallest absolute Gasteiger partial charge is 0.413 e. The number of esters is 1. The first kappa shape index (κ1) is 27.1. The van der Waals surface area contributed by atoms with Gasteiger partial charge >= 0.3 is 18.0 Å². The predicted molar refractivity (Wildman–Crippen MR) is 128 cm³/mol. The van der Waals surface area contributed by atoms with E-state index >= 15 is 0 Å². The number of carbonyl (C=O) groups is 3. The molecule has 3 N–H and O–H groups in total. The molecule has 1 unspecified atom stereocenters. The Kier molecular flexibility index (Phi) is 11.9. The second-order valence-corrected chi connectivity index (χ2v) is 8.67. The van der Waals surface area contributed by atoms with Crippen molar-refractivity contribution in [2.75, 3.05) is 20.3 Å². The first-order valence-corrected chi connectivity index (χ1v) is 12.1. The summed E-state index contributed by atoms with van der Waals surface area (Å²) in [6.45, 7) is 0.370. The number of hydrogen-bond donors (Lipinski definition) is 3. The quantitative estimate of drug-likeness (QED) is 0.181. The Hall–Kier alpha value is -3.10. The molecule has 1 amide bonds. The molecule has 1 saturated carbocycles. The molecule has 0 radical (unpaired) electrons. The first-order valence-electron chi connectivity index (χ1n) is 12.1. The van der Waals surface area contributed by atoms with Crippen LogP contribution in [0.2, 0.25) is 0 Å². The average Bonchev–Trinajstić information content (AvgIpc) is 2.82. The van der Waals surface area contributed by atoms with Crippen LogP contribution in [0.15, 0.2) is 30.3 Å². The lowest BCUT2D eigenvalue weighted by Crippen LogP contribution is -2.52. The molecule has 9 nitrogen and oxygen atoms in total. The summed E-state index contributed by atoms with van der Waals surface area (Å²) in [5.74, 6) is -1.58. The number of benzene rings is 1. The zero-order valence-corrected chi connectivity index (χ0v) is 20.0. The fourth-order valence-corrected chi connectivity index (χ4v) is 4.20. The third-order valence-corrected chi connectivity index (χ3v) is 6.06. The molecular weight excluding hydrogens is 438 g/mol. The van der Waals surface area contributed by atoms with Gasteiger partial charge in [-0.05, 0) is 50.0 Å². The third-order valence-electron chi connectivity index (χ3n) is 6.06. The Morgan fingerprint density at radius 1 is 1.06 bits per heavy atom. The summed E-state index contributed by atoms with van der Waals surface area (Å²) in [6.07, 6.45) is 6.85. The molecule has 1 aromatic rings. The Labute approximate surface area is 201 Å². The molecule has 1 atom stereocenters. The number of nitrogens with one attached hydrogen (secondary N) is 2. The second kappa shape index (κ2) is 14.9. The maximum atomic E-state index is 12.0. The monoisotopic (exact) mass is 475 g/mol. The van der Waals surface area contributed by atoms with Crippen LogP contribution >= 0.6 is 0 Å². The second-order valence-electron chi connectivity index (χ2n) is 8.67. The van der Waals surface area contributed by atoms with Gasteiger partial charge in [-0.15, -0.1) is 0 Å².